The van der Waals surface area contributed by atoms with E-state index in [2.05, 4.69) is 15.0 Å². The molecule has 3 heterocycles. The maximum Gasteiger partial charge on any atom is 0.175 e. The first-order valence-corrected chi connectivity index (χ1v) is 7.04. The van der Waals surface area contributed by atoms with E-state index < -0.39 is 24.6 Å². The number of hydrogen-bond acceptors (Lipinski definition) is 7. The minimum atomic E-state index is -1.38. The molecule has 2 aromatic heterocycles. The first-order valence-electron chi connectivity index (χ1n) is 6.16. The van der Waals surface area contributed by atoms with E-state index in [0.717, 1.165) is 0 Å². The number of nitrogens with two attached hydrogens (primary N) is 1. The van der Waals surface area contributed by atoms with Crippen LogP contribution in [0.15, 0.2) is 12.7 Å². The van der Waals surface area contributed by atoms with Gasteiger partial charge in [-0.1, -0.05) is 0 Å². The van der Waals surface area contributed by atoms with Crippen molar-refractivity contribution in [1.82, 2.24) is 19.5 Å². The Labute approximate surface area is 133 Å². The molecular weight excluding hydrogens is 396 g/mol. The molecule has 8 nitrogen and oxygen atoms in total. The van der Waals surface area contributed by atoms with Crippen molar-refractivity contribution in [3.63, 3.8) is 0 Å². The second-order valence-electron chi connectivity index (χ2n) is 4.60. The fraction of sp³-hybridized carbons (Fsp3) is 0.545. The average molecular weight is 409 g/mol. The summed E-state index contributed by atoms with van der Waals surface area (Å²) in [5, 5.41) is 0. The van der Waals surface area contributed by atoms with Gasteiger partial charge in [-0.05, 0) is 0 Å². The summed E-state index contributed by atoms with van der Waals surface area (Å²) in [6, 6.07) is 0. The summed E-state index contributed by atoms with van der Waals surface area (Å²) in [5.41, 5.74) is 6.55. The van der Waals surface area contributed by atoms with Gasteiger partial charge in [-0.3, -0.25) is 4.57 Å². The Kier molecular flexibility index (Phi) is 4.19. The molecule has 0 bridgehead atoms. The lowest BCUT2D eigenvalue weighted by atomic mass is 10.1. The third kappa shape index (κ3) is 2.45. The number of anilines is 1. The highest BCUT2D eigenvalue weighted by molar-refractivity contribution is 14.1. The molecule has 114 valence electrons. The van der Waals surface area contributed by atoms with Crippen molar-refractivity contribution in [2.45, 2.75) is 24.6 Å². The molecule has 1 fully saturated rings. The Morgan fingerprint density at radius 3 is 3.00 bits per heavy atom. The smallest absolute Gasteiger partial charge is 0.175 e. The number of fused-ring (bicyclic) bond motifs is 1. The van der Waals surface area contributed by atoms with E-state index in [4.69, 9.17) is 18.3 Å². The van der Waals surface area contributed by atoms with Gasteiger partial charge < -0.3 is 18.3 Å². The first kappa shape index (κ1) is 14.8. The molecule has 4 atom stereocenters. The van der Waals surface area contributed by atoms with Crippen LogP contribution in [0.3, 0.4) is 0 Å². The minimum Gasteiger partial charge on any atom is -0.382 e. The summed E-state index contributed by atoms with van der Waals surface area (Å²) in [7, 11) is 1.52. The van der Waals surface area contributed by atoms with Crippen molar-refractivity contribution >= 4 is 40.0 Å². The lowest BCUT2D eigenvalue weighted by Crippen LogP contribution is -2.31. The molecule has 0 aliphatic carbocycles. The SMILES string of the molecule is COC[C@H]1O[C@@H](n2cnc3c(N)ncnc32)C(F)C1OI. The number of methoxy groups -OCH3 is 1. The van der Waals surface area contributed by atoms with E-state index in [-0.39, 0.29) is 12.4 Å². The molecule has 0 spiro atoms. The van der Waals surface area contributed by atoms with Crippen molar-refractivity contribution in [2.24, 2.45) is 0 Å². The number of rotatable bonds is 4. The largest absolute Gasteiger partial charge is 0.382 e. The van der Waals surface area contributed by atoms with Crippen LogP contribution in [-0.4, -0.2) is 51.6 Å². The van der Waals surface area contributed by atoms with Gasteiger partial charge in [0, 0.05) is 7.11 Å². The second kappa shape index (κ2) is 5.94. The zero-order valence-corrected chi connectivity index (χ0v) is 13.2. The number of nitrogen functional groups attached to an aromatic ring is 1. The number of nitrogens with zero attached hydrogens (tertiary/aromatic N) is 4. The molecule has 0 amide bonds. The molecule has 2 N–H and O–H groups in total. The normalized spacial score (nSPS) is 29.3. The van der Waals surface area contributed by atoms with Crippen molar-refractivity contribution in [2.75, 3.05) is 19.5 Å². The third-order valence-corrected chi connectivity index (χ3v) is 3.95. The number of hydrogen-bond donors (Lipinski definition) is 1. The van der Waals surface area contributed by atoms with Crippen LogP contribution in [0.1, 0.15) is 6.23 Å². The lowest BCUT2D eigenvalue weighted by Gasteiger charge is -2.15. The van der Waals surface area contributed by atoms with E-state index >= 15 is 0 Å². The van der Waals surface area contributed by atoms with Crippen LogP contribution in [0, 0.1) is 0 Å². The van der Waals surface area contributed by atoms with Crippen LogP contribution < -0.4 is 5.73 Å². The zero-order valence-electron chi connectivity index (χ0n) is 11.0. The summed E-state index contributed by atoms with van der Waals surface area (Å²) in [6.07, 6.45) is -0.779. The number of halogens is 2. The van der Waals surface area contributed by atoms with Crippen molar-refractivity contribution in [1.29, 1.82) is 0 Å². The summed E-state index contributed by atoms with van der Waals surface area (Å²) < 4.78 is 32.0. The Balaban J connectivity index is 1.97. The van der Waals surface area contributed by atoms with Crippen LogP contribution in [0.2, 0.25) is 0 Å². The monoisotopic (exact) mass is 409 g/mol. The number of imidazole rings is 1. The molecule has 21 heavy (non-hydrogen) atoms. The maximum absolute atomic E-state index is 14.6. The first-order chi connectivity index (χ1) is 10.2. The van der Waals surface area contributed by atoms with Crippen molar-refractivity contribution in [3.05, 3.63) is 12.7 Å². The van der Waals surface area contributed by atoms with E-state index in [1.165, 1.54) is 24.3 Å². The summed E-state index contributed by atoms with van der Waals surface area (Å²) in [6.45, 7) is 0.230. The molecule has 1 saturated heterocycles. The summed E-state index contributed by atoms with van der Waals surface area (Å²) in [4.78, 5) is 12.1. The molecule has 0 saturated carbocycles. The van der Waals surface area contributed by atoms with Gasteiger partial charge in [-0.25, -0.2) is 19.3 Å². The number of alkyl halides is 1. The van der Waals surface area contributed by atoms with Crippen LogP contribution in [0.4, 0.5) is 10.2 Å². The Morgan fingerprint density at radius 1 is 1.48 bits per heavy atom. The van der Waals surface area contributed by atoms with Gasteiger partial charge in [0.2, 0.25) is 0 Å². The van der Waals surface area contributed by atoms with Gasteiger partial charge in [-0.2, -0.15) is 0 Å². The minimum absolute atomic E-state index is 0.230. The molecule has 1 aliphatic rings. The van der Waals surface area contributed by atoms with Gasteiger partial charge in [-0.15, -0.1) is 0 Å². The molecule has 10 heteroatoms. The standard InChI is InChI=1S/C11H13FIN5O3/c1-19-2-5-8(21-13)6(12)11(20-5)18-4-17-7-9(14)15-3-16-10(7)18/h3-6,8,11H,2H2,1H3,(H2,14,15,16)/t5-,6?,8?,11-/m1/s1. The molecule has 0 aromatic carbocycles. The molecule has 0 radical (unpaired) electrons. The second-order valence-corrected chi connectivity index (χ2v) is 5.11. The van der Waals surface area contributed by atoms with Crippen LogP contribution >= 0.6 is 23.0 Å². The molecule has 1 aliphatic heterocycles. The van der Waals surface area contributed by atoms with E-state index in [0.29, 0.717) is 11.2 Å². The van der Waals surface area contributed by atoms with E-state index in [1.807, 2.05) is 0 Å². The molecular formula is C11H13FIN5O3. The van der Waals surface area contributed by atoms with Crippen LogP contribution in [0.25, 0.3) is 11.2 Å². The van der Waals surface area contributed by atoms with Gasteiger partial charge >= 0.3 is 0 Å². The topological polar surface area (TPSA) is 97.3 Å². The predicted molar refractivity (Wildman–Crippen MR) is 79.3 cm³/mol. The van der Waals surface area contributed by atoms with E-state index in [9.17, 15) is 4.39 Å². The predicted octanol–water partition coefficient (Wildman–Crippen LogP) is 1.03. The number of aromatic nitrogens is 4. The highest BCUT2D eigenvalue weighted by Crippen LogP contribution is 2.36. The van der Waals surface area contributed by atoms with Crippen molar-refractivity contribution < 1.29 is 16.9 Å². The number of ether oxygens (including phenoxy) is 2. The molecule has 2 aromatic rings. The fourth-order valence-electron chi connectivity index (χ4n) is 2.38. The van der Waals surface area contributed by atoms with Gasteiger partial charge in [0.1, 0.15) is 47.1 Å². The Morgan fingerprint density at radius 2 is 2.29 bits per heavy atom. The van der Waals surface area contributed by atoms with Crippen LogP contribution in [-0.2, 0) is 12.5 Å². The maximum atomic E-state index is 14.6. The Bertz CT molecular complexity index is 641. The quantitative estimate of drug-likeness (QED) is 0.754. The highest BCUT2D eigenvalue weighted by atomic mass is 127. The van der Waals surface area contributed by atoms with Gasteiger partial charge in [0.15, 0.2) is 23.9 Å². The van der Waals surface area contributed by atoms with Crippen molar-refractivity contribution in [3.8, 4) is 0 Å². The van der Waals surface area contributed by atoms with Gasteiger partial charge in [0.05, 0.1) is 12.9 Å². The average Bonchev–Trinajstić information content (AvgIpc) is 3.02. The Hall–Kier alpha value is -1.11. The van der Waals surface area contributed by atoms with Crippen LogP contribution in [0.5, 0.6) is 0 Å². The summed E-state index contributed by atoms with van der Waals surface area (Å²) in [5.74, 6) is 0.238. The zero-order chi connectivity index (χ0) is 15.0. The highest BCUT2D eigenvalue weighted by Gasteiger charge is 2.47. The van der Waals surface area contributed by atoms with E-state index in [1.54, 1.807) is 23.0 Å². The molecule has 3 rings (SSSR count). The third-order valence-electron chi connectivity index (χ3n) is 3.36. The summed E-state index contributed by atoms with van der Waals surface area (Å²) >= 11 is 1.66. The molecule has 2 unspecified atom stereocenters. The van der Waals surface area contributed by atoms with Gasteiger partial charge in [0.25, 0.3) is 0 Å². The lowest BCUT2D eigenvalue weighted by molar-refractivity contribution is -0.0491. The fourth-order valence-corrected chi connectivity index (χ4v) is 2.99.